The summed E-state index contributed by atoms with van der Waals surface area (Å²) in [5, 5.41) is 3.08. The van der Waals surface area contributed by atoms with E-state index in [1.165, 1.54) is 29.0 Å². The molecule has 0 aliphatic carbocycles. The second kappa shape index (κ2) is 9.54. The second-order valence-corrected chi connectivity index (χ2v) is 9.98. The van der Waals surface area contributed by atoms with E-state index in [1.807, 2.05) is 24.3 Å². The van der Waals surface area contributed by atoms with Gasteiger partial charge in [0.1, 0.15) is 0 Å². The van der Waals surface area contributed by atoms with Crippen molar-refractivity contribution >= 4 is 21.6 Å². The number of rotatable bonds is 7. The van der Waals surface area contributed by atoms with Gasteiger partial charge in [0.15, 0.2) is 0 Å². The summed E-state index contributed by atoms with van der Waals surface area (Å²) in [5.41, 5.74) is 2.29. The van der Waals surface area contributed by atoms with Crippen molar-refractivity contribution in [1.82, 2.24) is 10.2 Å². The number of benzene rings is 3. The molecule has 6 nitrogen and oxygen atoms in total. The Labute approximate surface area is 189 Å². The van der Waals surface area contributed by atoms with E-state index in [9.17, 15) is 13.2 Å². The van der Waals surface area contributed by atoms with Crippen molar-refractivity contribution < 1.29 is 13.2 Å². The highest BCUT2D eigenvalue weighted by Gasteiger charge is 2.25. The largest absolute Gasteiger partial charge is 0.348 e. The van der Waals surface area contributed by atoms with Crippen molar-refractivity contribution in [3.8, 4) is 0 Å². The number of nitrogens with one attached hydrogen (secondary N) is 1. The molecule has 3 aromatic carbocycles. The number of amides is 1. The first kappa shape index (κ1) is 22.0. The number of anilines is 1. The maximum Gasteiger partial charge on any atom is 0.264 e. The molecule has 3 aromatic rings. The van der Waals surface area contributed by atoms with Crippen molar-refractivity contribution in [1.29, 1.82) is 0 Å². The molecule has 32 heavy (non-hydrogen) atoms. The number of nitrogens with zero attached hydrogens (tertiary/aromatic N) is 2. The average molecular weight is 450 g/mol. The fourth-order valence-corrected chi connectivity index (χ4v) is 5.11. The number of likely N-dealkylation sites (tertiary alicyclic amines) is 1. The molecular weight excluding hydrogens is 422 g/mol. The molecule has 166 valence electrons. The number of sulfonamides is 1. The highest BCUT2D eigenvalue weighted by atomic mass is 32.2. The Morgan fingerprint density at radius 1 is 0.969 bits per heavy atom. The van der Waals surface area contributed by atoms with E-state index in [0.717, 1.165) is 26.1 Å². The van der Waals surface area contributed by atoms with Gasteiger partial charge in [-0.3, -0.25) is 14.0 Å². The van der Waals surface area contributed by atoms with Crippen LogP contribution in [0.2, 0.25) is 0 Å². The molecule has 1 atom stereocenters. The van der Waals surface area contributed by atoms with Gasteiger partial charge in [0.05, 0.1) is 10.6 Å². The van der Waals surface area contributed by atoms with Gasteiger partial charge in [0, 0.05) is 38.3 Å². The van der Waals surface area contributed by atoms with Crippen LogP contribution in [0.3, 0.4) is 0 Å². The van der Waals surface area contributed by atoms with Crippen LogP contribution in [0.5, 0.6) is 0 Å². The summed E-state index contributed by atoms with van der Waals surface area (Å²) in [4.78, 5) is 15.2. The third-order valence-electron chi connectivity index (χ3n) is 5.75. The fourth-order valence-electron chi connectivity index (χ4n) is 3.92. The predicted molar refractivity (Wildman–Crippen MR) is 126 cm³/mol. The summed E-state index contributed by atoms with van der Waals surface area (Å²) >= 11 is 0. The summed E-state index contributed by atoms with van der Waals surface area (Å²) in [7, 11) is -2.18. The van der Waals surface area contributed by atoms with Gasteiger partial charge in [-0.05, 0) is 48.4 Å². The van der Waals surface area contributed by atoms with E-state index < -0.39 is 10.0 Å². The first-order valence-corrected chi connectivity index (χ1v) is 12.1. The van der Waals surface area contributed by atoms with Crippen molar-refractivity contribution in [2.75, 3.05) is 24.4 Å². The van der Waals surface area contributed by atoms with Crippen LogP contribution in [0, 0.1) is 0 Å². The zero-order valence-corrected chi connectivity index (χ0v) is 18.8. The van der Waals surface area contributed by atoms with E-state index in [2.05, 4.69) is 22.3 Å². The highest BCUT2D eigenvalue weighted by molar-refractivity contribution is 7.92. The quantitative estimate of drug-likeness (QED) is 0.599. The van der Waals surface area contributed by atoms with Crippen LogP contribution >= 0.6 is 0 Å². The first-order chi connectivity index (χ1) is 15.4. The van der Waals surface area contributed by atoms with Gasteiger partial charge < -0.3 is 5.32 Å². The van der Waals surface area contributed by atoms with Gasteiger partial charge in [0.2, 0.25) is 0 Å². The minimum absolute atomic E-state index is 0.0823. The summed E-state index contributed by atoms with van der Waals surface area (Å²) in [5.74, 6) is -0.183. The second-order valence-electron chi connectivity index (χ2n) is 8.01. The summed E-state index contributed by atoms with van der Waals surface area (Å²) in [6, 6.07) is 25.4. The third-order valence-corrected chi connectivity index (χ3v) is 7.55. The Kier molecular flexibility index (Phi) is 6.58. The first-order valence-electron chi connectivity index (χ1n) is 10.6. The molecule has 0 spiro atoms. The van der Waals surface area contributed by atoms with Crippen molar-refractivity contribution in [3.63, 3.8) is 0 Å². The maximum atomic E-state index is 12.9. The van der Waals surface area contributed by atoms with Crippen LogP contribution in [0.15, 0.2) is 89.8 Å². The van der Waals surface area contributed by atoms with Crippen LogP contribution in [-0.4, -0.2) is 45.4 Å². The van der Waals surface area contributed by atoms with Gasteiger partial charge in [-0.1, -0.05) is 48.5 Å². The van der Waals surface area contributed by atoms with Crippen LogP contribution in [0.1, 0.15) is 22.3 Å². The van der Waals surface area contributed by atoms with Crippen LogP contribution in [0.25, 0.3) is 0 Å². The minimum atomic E-state index is -3.70. The molecule has 1 unspecified atom stereocenters. The molecule has 0 saturated carbocycles. The topological polar surface area (TPSA) is 69.7 Å². The van der Waals surface area contributed by atoms with Crippen molar-refractivity contribution in [2.24, 2.45) is 0 Å². The lowest BCUT2D eigenvalue weighted by Crippen LogP contribution is -2.37. The molecule has 1 heterocycles. The molecule has 7 heteroatoms. The molecule has 4 rings (SSSR count). The van der Waals surface area contributed by atoms with Crippen molar-refractivity contribution in [3.05, 3.63) is 96.1 Å². The normalized spacial score (nSPS) is 16.6. The van der Waals surface area contributed by atoms with Crippen LogP contribution in [-0.2, 0) is 16.6 Å². The summed E-state index contributed by atoms with van der Waals surface area (Å²) in [6.45, 7) is 2.60. The lowest BCUT2D eigenvalue weighted by molar-refractivity contribution is 0.0937. The van der Waals surface area contributed by atoms with Gasteiger partial charge in [-0.2, -0.15) is 0 Å². The Hall–Kier alpha value is -3.16. The number of hydrogen-bond acceptors (Lipinski definition) is 4. The van der Waals surface area contributed by atoms with Crippen LogP contribution < -0.4 is 9.62 Å². The van der Waals surface area contributed by atoms with E-state index in [0.29, 0.717) is 11.3 Å². The van der Waals surface area contributed by atoms with E-state index >= 15 is 0 Å². The molecule has 1 N–H and O–H groups in total. The zero-order valence-electron chi connectivity index (χ0n) is 18.0. The maximum absolute atomic E-state index is 12.9. The molecule has 1 aliphatic rings. The molecule has 0 bridgehead atoms. The molecule has 1 saturated heterocycles. The van der Waals surface area contributed by atoms with Crippen LogP contribution in [0.4, 0.5) is 5.69 Å². The number of carbonyl (C=O) groups is 1. The Bertz CT molecular complexity index is 1150. The summed E-state index contributed by atoms with van der Waals surface area (Å²) < 4.78 is 27.0. The number of hydrogen-bond donors (Lipinski definition) is 1. The van der Waals surface area contributed by atoms with Crippen molar-refractivity contribution in [2.45, 2.75) is 23.9 Å². The van der Waals surface area contributed by atoms with Gasteiger partial charge in [0.25, 0.3) is 15.9 Å². The molecule has 1 fully saturated rings. The minimum Gasteiger partial charge on any atom is -0.348 e. The molecule has 1 aliphatic heterocycles. The monoisotopic (exact) mass is 449 g/mol. The lowest BCUT2D eigenvalue weighted by Gasteiger charge is -2.19. The van der Waals surface area contributed by atoms with Gasteiger partial charge >= 0.3 is 0 Å². The zero-order chi connectivity index (χ0) is 22.6. The molecular formula is C25H27N3O3S. The average Bonchev–Trinajstić information content (AvgIpc) is 3.26. The Balaban J connectivity index is 1.36. The van der Waals surface area contributed by atoms with Gasteiger partial charge in [-0.15, -0.1) is 0 Å². The number of carbonyl (C=O) groups excluding carboxylic acids is 1. The third kappa shape index (κ3) is 5.00. The van der Waals surface area contributed by atoms with E-state index in [-0.39, 0.29) is 16.8 Å². The summed E-state index contributed by atoms with van der Waals surface area (Å²) in [6.07, 6.45) is 0.896. The molecule has 0 radical (unpaired) electrons. The van der Waals surface area contributed by atoms with E-state index in [1.54, 1.807) is 36.4 Å². The molecule has 0 aromatic heterocycles. The van der Waals surface area contributed by atoms with E-state index in [4.69, 9.17) is 0 Å². The Morgan fingerprint density at radius 3 is 2.25 bits per heavy atom. The predicted octanol–water partition coefficient (Wildman–Crippen LogP) is 3.52. The molecule has 1 amide bonds. The standard InChI is InChI=1S/C25H27N3O3S/c1-27(23-10-6-3-7-11-23)32(30,31)24-14-12-21(13-15-24)25(29)26-22-16-17-28(19-22)18-20-8-4-2-5-9-20/h2-15,22H,16-19H2,1H3,(H,26,29). The lowest BCUT2D eigenvalue weighted by atomic mass is 10.2. The Morgan fingerprint density at radius 2 is 1.59 bits per heavy atom. The van der Waals surface area contributed by atoms with Gasteiger partial charge in [-0.25, -0.2) is 8.42 Å². The smallest absolute Gasteiger partial charge is 0.264 e. The fraction of sp³-hybridized carbons (Fsp3) is 0.240. The number of para-hydroxylation sites is 1. The highest BCUT2D eigenvalue weighted by Crippen LogP contribution is 2.22. The SMILES string of the molecule is CN(c1ccccc1)S(=O)(=O)c1ccc(C(=O)NC2CCN(Cc3ccccc3)C2)cc1.